The van der Waals surface area contributed by atoms with Crippen LogP contribution in [0.4, 0.5) is 9.93 Å². The van der Waals surface area contributed by atoms with Crippen molar-refractivity contribution in [2.75, 3.05) is 18.5 Å². The van der Waals surface area contributed by atoms with E-state index in [1.165, 1.54) is 11.3 Å². The number of aromatic nitrogens is 1. The first-order valence-electron chi connectivity index (χ1n) is 4.90. The number of hydrogen-bond donors (Lipinski definition) is 3. The maximum absolute atomic E-state index is 10.4. The molecule has 0 unspecified atom stereocenters. The first-order chi connectivity index (χ1) is 8.08. The minimum atomic E-state index is -0.845. The molecule has 0 aliphatic rings. The quantitative estimate of drug-likeness (QED) is 0.620. The van der Waals surface area contributed by atoms with Crippen LogP contribution in [-0.4, -0.2) is 35.3 Å². The lowest BCUT2D eigenvalue weighted by molar-refractivity contribution is -0.136. The standard InChI is InChI=1S/C9H13N3O4S/c10-8(15)16-4-3-11-9-12-6(5-17-9)1-2-7(13)14/h5H,1-4H2,(H2,10,15)(H,11,12)(H,13,14). The number of ether oxygens (including phenoxy) is 1. The first-order valence-corrected chi connectivity index (χ1v) is 5.78. The monoisotopic (exact) mass is 259 g/mol. The average Bonchev–Trinajstić information content (AvgIpc) is 2.69. The highest BCUT2D eigenvalue weighted by atomic mass is 32.1. The zero-order valence-corrected chi connectivity index (χ0v) is 9.83. The van der Waals surface area contributed by atoms with Crippen LogP contribution < -0.4 is 11.1 Å². The highest BCUT2D eigenvalue weighted by molar-refractivity contribution is 7.13. The molecule has 0 saturated heterocycles. The Balaban J connectivity index is 2.25. The molecule has 0 fully saturated rings. The number of nitrogens with one attached hydrogen (secondary N) is 1. The predicted molar refractivity (Wildman–Crippen MR) is 62.1 cm³/mol. The second kappa shape index (κ2) is 6.69. The fraction of sp³-hybridized carbons (Fsp3) is 0.444. The van der Waals surface area contributed by atoms with Crippen LogP contribution in [0.3, 0.4) is 0 Å². The molecule has 0 saturated carbocycles. The number of aryl methyl sites for hydroxylation is 1. The van der Waals surface area contributed by atoms with Crippen LogP contribution in [0.5, 0.6) is 0 Å². The number of carbonyl (C=O) groups excluding carboxylic acids is 1. The maximum atomic E-state index is 10.4. The van der Waals surface area contributed by atoms with Gasteiger partial charge in [0.1, 0.15) is 6.61 Å². The van der Waals surface area contributed by atoms with Crippen molar-refractivity contribution in [3.05, 3.63) is 11.1 Å². The van der Waals surface area contributed by atoms with Gasteiger partial charge in [-0.05, 0) is 0 Å². The lowest BCUT2D eigenvalue weighted by Gasteiger charge is -2.02. The molecule has 94 valence electrons. The molecule has 8 heteroatoms. The van der Waals surface area contributed by atoms with Gasteiger partial charge in [-0.3, -0.25) is 4.79 Å². The van der Waals surface area contributed by atoms with E-state index >= 15 is 0 Å². The van der Waals surface area contributed by atoms with Crippen molar-refractivity contribution in [1.82, 2.24) is 4.98 Å². The lowest BCUT2D eigenvalue weighted by Crippen LogP contribution is -2.18. The highest BCUT2D eigenvalue weighted by Gasteiger charge is 2.04. The Bertz CT molecular complexity index is 393. The van der Waals surface area contributed by atoms with Crippen LogP contribution in [0.2, 0.25) is 0 Å². The van der Waals surface area contributed by atoms with Gasteiger partial charge >= 0.3 is 12.1 Å². The summed E-state index contributed by atoms with van der Waals surface area (Å²) in [6.45, 7) is 0.578. The number of hydrogen-bond acceptors (Lipinski definition) is 6. The van der Waals surface area contributed by atoms with E-state index in [-0.39, 0.29) is 13.0 Å². The van der Waals surface area contributed by atoms with Gasteiger partial charge in [0, 0.05) is 11.8 Å². The zero-order valence-electron chi connectivity index (χ0n) is 9.01. The number of anilines is 1. The van der Waals surface area contributed by atoms with Gasteiger partial charge in [-0.2, -0.15) is 0 Å². The minimum Gasteiger partial charge on any atom is -0.481 e. The Morgan fingerprint density at radius 3 is 3.00 bits per heavy atom. The van der Waals surface area contributed by atoms with Crippen LogP contribution in [-0.2, 0) is 16.0 Å². The third-order valence-corrected chi connectivity index (χ3v) is 2.62. The minimum absolute atomic E-state index is 0.0635. The molecule has 17 heavy (non-hydrogen) atoms. The number of nitrogens with two attached hydrogens (primary N) is 1. The van der Waals surface area contributed by atoms with Crippen LogP contribution >= 0.6 is 11.3 Å². The van der Waals surface area contributed by atoms with Gasteiger partial charge in [-0.15, -0.1) is 11.3 Å². The van der Waals surface area contributed by atoms with Gasteiger partial charge < -0.3 is 20.9 Å². The highest BCUT2D eigenvalue weighted by Crippen LogP contribution is 2.16. The van der Waals surface area contributed by atoms with E-state index in [1.807, 2.05) is 0 Å². The summed E-state index contributed by atoms with van der Waals surface area (Å²) in [5, 5.41) is 13.9. The predicted octanol–water partition coefficient (Wildman–Crippen LogP) is 0.667. The number of thiazole rings is 1. The molecular weight excluding hydrogens is 246 g/mol. The number of carboxylic acids is 1. The SMILES string of the molecule is NC(=O)OCCNc1nc(CCC(=O)O)cs1. The van der Waals surface area contributed by atoms with Crippen molar-refractivity contribution in [3.8, 4) is 0 Å². The van der Waals surface area contributed by atoms with Gasteiger partial charge in [-0.25, -0.2) is 9.78 Å². The Morgan fingerprint density at radius 2 is 2.35 bits per heavy atom. The topological polar surface area (TPSA) is 115 Å². The van der Waals surface area contributed by atoms with Crippen molar-refractivity contribution < 1.29 is 19.4 Å². The van der Waals surface area contributed by atoms with E-state index in [0.29, 0.717) is 18.1 Å². The second-order valence-corrected chi connectivity index (χ2v) is 3.99. The Morgan fingerprint density at radius 1 is 1.59 bits per heavy atom. The van der Waals surface area contributed by atoms with Gasteiger partial charge in [0.25, 0.3) is 0 Å². The molecule has 0 aliphatic carbocycles. The number of primary amides is 1. The Labute approximate surface area is 102 Å². The van der Waals surface area contributed by atoms with E-state index in [0.717, 1.165) is 5.69 Å². The summed E-state index contributed by atoms with van der Waals surface area (Å²) in [6.07, 6.45) is -0.340. The fourth-order valence-electron chi connectivity index (χ4n) is 1.05. The van der Waals surface area contributed by atoms with Crippen molar-refractivity contribution in [2.24, 2.45) is 5.73 Å². The molecule has 7 nitrogen and oxygen atoms in total. The van der Waals surface area contributed by atoms with Crippen LogP contribution in [0, 0.1) is 0 Å². The van der Waals surface area contributed by atoms with E-state index in [1.54, 1.807) is 5.38 Å². The van der Waals surface area contributed by atoms with Crippen molar-refractivity contribution in [3.63, 3.8) is 0 Å². The summed E-state index contributed by atoms with van der Waals surface area (Å²) in [6, 6.07) is 0. The van der Waals surface area contributed by atoms with E-state index in [4.69, 9.17) is 10.8 Å². The third-order valence-electron chi connectivity index (χ3n) is 1.77. The first kappa shape index (κ1) is 13.2. The zero-order chi connectivity index (χ0) is 12.7. The molecule has 0 aliphatic heterocycles. The summed E-state index contributed by atoms with van der Waals surface area (Å²) in [5.74, 6) is -0.845. The molecule has 0 spiro atoms. The molecule has 1 aromatic rings. The van der Waals surface area contributed by atoms with E-state index < -0.39 is 12.1 Å². The van der Waals surface area contributed by atoms with Gasteiger partial charge in [0.15, 0.2) is 5.13 Å². The van der Waals surface area contributed by atoms with Gasteiger partial charge in [0.05, 0.1) is 18.7 Å². The Hall–Kier alpha value is -1.83. The fourth-order valence-corrected chi connectivity index (χ4v) is 1.82. The molecule has 1 rings (SSSR count). The Kier molecular flexibility index (Phi) is 5.21. The van der Waals surface area contributed by atoms with Crippen molar-refractivity contribution >= 4 is 28.5 Å². The summed E-state index contributed by atoms with van der Waals surface area (Å²) >= 11 is 1.37. The lowest BCUT2D eigenvalue weighted by atomic mass is 10.2. The van der Waals surface area contributed by atoms with Crippen molar-refractivity contribution in [2.45, 2.75) is 12.8 Å². The average molecular weight is 259 g/mol. The van der Waals surface area contributed by atoms with E-state index in [9.17, 15) is 9.59 Å². The van der Waals surface area contributed by atoms with Crippen LogP contribution in [0.25, 0.3) is 0 Å². The number of nitrogens with zero attached hydrogens (tertiary/aromatic N) is 1. The molecular formula is C9H13N3O4S. The number of carbonyl (C=O) groups is 2. The summed E-state index contributed by atoms with van der Waals surface area (Å²) in [4.78, 5) is 24.8. The summed E-state index contributed by atoms with van der Waals surface area (Å²) in [5.41, 5.74) is 5.52. The second-order valence-electron chi connectivity index (χ2n) is 3.13. The maximum Gasteiger partial charge on any atom is 0.404 e. The molecule has 0 radical (unpaired) electrons. The molecule has 0 atom stereocenters. The molecule has 0 bridgehead atoms. The van der Waals surface area contributed by atoms with E-state index in [2.05, 4.69) is 15.0 Å². The smallest absolute Gasteiger partial charge is 0.404 e. The van der Waals surface area contributed by atoms with Gasteiger partial charge in [0.2, 0.25) is 0 Å². The van der Waals surface area contributed by atoms with Crippen LogP contribution in [0.1, 0.15) is 12.1 Å². The molecule has 1 amide bonds. The number of aliphatic carboxylic acids is 1. The number of rotatable bonds is 7. The number of amides is 1. The molecule has 1 aromatic heterocycles. The third kappa shape index (κ3) is 5.71. The normalized spacial score (nSPS) is 9.88. The largest absolute Gasteiger partial charge is 0.481 e. The molecule has 4 N–H and O–H groups in total. The van der Waals surface area contributed by atoms with Crippen molar-refractivity contribution in [1.29, 1.82) is 0 Å². The molecule has 1 heterocycles. The van der Waals surface area contributed by atoms with Crippen LogP contribution in [0.15, 0.2) is 5.38 Å². The van der Waals surface area contributed by atoms with Gasteiger partial charge in [-0.1, -0.05) is 0 Å². The summed E-state index contributed by atoms with van der Waals surface area (Å²) < 4.78 is 4.52. The summed E-state index contributed by atoms with van der Waals surface area (Å²) in [7, 11) is 0. The number of carboxylic acid groups (broad SMARTS) is 1. The molecule has 0 aromatic carbocycles.